The van der Waals surface area contributed by atoms with Gasteiger partial charge in [-0.2, -0.15) is 4.72 Å². The van der Waals surface area contributed by atoms with Crippen LogP contribution in [0.5, 0.6) is 0 Å². The molecule has 5 heteroatoms. The maximum absolute atomic E-state index is 12.3. The molecule has 1 aromatic carbocycles. The van der Waals surface area contributed by atoms with Gasteiger partial charge in [-0.05, 0) is 44.9 Å². The lowest BCUT2D eigenvalue weighted by atomic mass is 10.1. The van der Waals surface area contributed by atoms with Gasteiger partial charge < -0.3 is 5.73 Å². The predicted octanol–water partition coefficient (Wildman–Crippen LogP) is 1.58. The monoisotopic (exact) mass is 266 g/mol. The summed E-state index contributed by atoms with van der Waals surface area (Å²) in [5.41, 5.74) is 6.53. The number of benzene rings is 1. The van der Waals surface area contributed by atoms with Crippen LogP contribution in [0.15, 0.2) is 17.0 Å². The lowest BCUT2D eigenvalue weighted by Gasteiger charge is -2.21. The number of terminal acetylenes is 1. The molecule has 0 aromatic heterocycles. The Morgan fingerprint density at radius 3 is 2.39 bits per heavy atom. The van der Waals surface area contributed by atoms with Crippen LogP contribution in [0.1, 0.15) is 25.0 Å². The zero-order valence-corrected chi connectivity index (χ0v) is 11.9. The Kier molecular flexibility index (Phi) is 3.75. The summed E-state index contributed by atoms with van der Waals surface area (Å²) in [6.45, 7) is 6.79. The topological polar surface area (TPSA) is 72.2 Å². The van der Waals surface area contributed by atoms with Crippen molar-refractivity contribution in [2.24, 2.45) is 0 Å². The van der Waals surface area contributed by atoms with Gasteiger partial charge in [-0.3, -0.25) is 0 Å². The first kappa shape index (κ1) is 14.6. The summed E-state index contributed by atoms with van der Waals surface area (Å²) in [6, 6.07) is 3.37. The second kappa shape index (κ2) is 4.63. The van der Waals surface area contributed by atoms with Gasteiger partial charge in [0.2, 0.25) is 10.0 Å². The molecule has 0 saturated carbocycles. The standard InChI is InChI=1S/C13H18N2O2S/c1-6-13(4,5)15-18(16,17)12-10(3)9(2)7-8-11(12)14/h1,7-8,15H,14H2,2-5H3. The second-order valence-electron chi connectivity index (χ2n) is 4.80. The number of hydrogen-bond acceptors (Lipinski definition) is 3. The van der Waals surface area contributed by atoms with Gasteiger partial charge in [0.25, 0.3) is 0 Å². The highest BCUT2D eigenvalue weighted by Gasteiger charge is 2.27. The Morgan fingerprint density at radius 1 is 1.33 bits per heavy atom. The van der Waals surface area contributed by atoms with E-state index in [0.29, 0.717) is 5.56 Å². The van der Waals surface area contributed by atoms with Gasteiger partial charge >= 0.3 is 0 Å². The number of nitrogens with two attached hydrogens (primary N) is 1. The van der Waals surface area contributed by atoms with Crippen LogP contribution < -0.4 is 10.5 Å². The van der Waals surface area contributed by atoms with Crippen molar-refractivity contribution in [3.8, 4) is 12.3 Å². The van der Waals surface area contributed by atoms with Gasteiger partial charge in [0.1, 0.15) is 4.90 Å². The van der Waals surface area contributed by atoms with Crippen LogP contribution in [-0.4, -0.2) is 14.0 Å². The minimum Gasteiger partial charge on any atom is -0.398 e. The Labute approximate surface area is 109 Å². The Morgan fingerprint density at radius 2 is 1.89 bits per heavy atom. The molecule has 0 amide bonds. The lowest BCUT2D eigenvalue weighted by Crippen LogP contribution is -2.42. The summed E-state index contributed by atoms with van der Waals surface area (Å²) in [7, 11) is -3.73. The van der Waals surface area contributed by atoms with E-state index in [1.54, 1.807) is 32.9 Å². The molecule has 0 fully saturated rings. The highest BCUT2D eigenvalue weighted by Crippen LogP contribution is 2.26. The molecule has 18 heavy (non-hydrogen) atoms. The molecule has 98 valence electrons. The molecule has 0 atom stereocenters. The summed E-state index contributed by atoms with van der Waals surface area (Å²) >= 11 is 0. The summed E-state index contributed by atoms with van der Waals surface area (Å²) in [5.74, 6) is 2.39. The van der Waals surface area contributed by atoms with E-state index in [4.69, 9.17) is 12.2 Å². The van der Waals surface area contributed by atoms with Crippen molar-refractivity contribution >= 4 is 15.7 Å². The maximum atomic E-state index is 12.3. The number of nitrogen functional groups attached to an aromatic ring is 1. The highest BCUT2D eigenvalue weighted by molar-refractivity contribution is 7.89. The van der Waals surface area contributed by atoms with Crippen molar-refractivity contribution in [1.82, 2.24) is 4.72 Å². The highest BCUT2D eigenvalue weighted by atomic mass is 32.2. The molecule has 1 aromatic rings. The van der Waals surface area contributed by atoms with E-state index < -0.39 is 15.6 Å². The number of nitrogens with one attached hydrogen (secondary N) is 1. The predicted molar refractivity (Wildman–Crippen MR) is 73.6 cm³/mol. The van der Waals surface area contributed by atoms with Crippen molar-refractivity contribution in [2.45, 2.75) is 38.1 Å². The smallest absolute Gasteiger partial charge is 0.244 e. The maximum Gasteiger partial charge on any atom is 0.244 e. The van der Waals surface area contributed by atoms with Crippen LogP contribution in [0.3, 0.4) is 0 Å². The fourth-order valence-corrected chi connectivity index (χ4v) is 3.36. The van der Waals surface area contributed by atoms with Gasteiger partial charge in [-0.15, -0.1) is 6.42 Å². The fraction of sp³-hybridized carbons (Fsp3) is 0.385. The number of hydrogen-bond donors (Lipinski definition) is 2. The summed E-state index contributed by atoms with van der Waals surface area (Å²) in [4.78, 5) is 0.103. The SMILES string of the molecule is C#CC(C)(C)NS(=O)(=O)c1c(N)ccc(C)c1C. The number of rotatable bonds is 3. The number of aryl methyl sites for hydroxylation is 1. The molecular formula is C13H18N2O2S. The quantitative estimate of drug-likeness (QED) is 0.644. The minimum atomic E-state index is -3.73. The molecule has 0 unspecified atom stereocenters. The van der Waals surface area contributed by atoms with E-state index in [1.165, 1.54) is 0 Å². The van der Waals surface area contributed by atoms with Crippen LogP contribution in [0, 0.1) is 26.2 Å². The molecule has 4 nitrogen and oxygen atoms in total. The van der Waals surface area contributed by atoms with E-state index >= 15 is 0 Å². The van der Waals surface area contributed by atoms with Crippen molar-refractivity contribution < 1.29 is 8.42 Å². The molecule has 0 aliphatic carbocycles. The molecule has 0 heterocycles. The lowest BCUT2D eigenvalue weighted by molar-refractivity contribution is 0.539. The van der Waals surface area contributed by atoms with Gasteiger partial charge in [-0.25, -0.2) is 8.42 Å². The van der Waals surface area contributed by atoms with Crippen LogP contribution in [-0.2, 0) is 10.0 Å². The molecule has 3 N–H and O–H groups in total. The molecule has 0 aliphatic heterocycles. The Hall–Kier alpha value is -1.51. The largest absolute Gasteiger partial charge is 0.398 e. The first-order valence-electron chi connectivity index (χ1n) is 5.48. The molecule has 1 rings (SSSR count). The number of sulfonamides is 1. The first-order chi connectivity index (χ1) is 8.10. The van der Waals surface area contributed by atoms with Crippen molar-refractivity contribution in [1.29, 1.82) is 0 Å². The van der Waals surface area contributed by atoms with E-state index in [2.05, 4.69) is 10.6 Å². The molecular weight excluding hydrogens is 248 g/mol. The van der Waals surface area contributed by atoms with E-state index in [9.17, 15) is 8.42 Å². The van der Waals surface area contributed by atoms with Gasteiger partial charge in [-0.1, -0.05) is 12.0 Å². The third-order valence-electron chi connectivity index (χ3n) is 2.73. The number of anilines is 1. The fourth-order valence-electron chi connectivity index (χ4n) is 1.58. The van der Waals surface area contributed by atoms with Crippen molar-refractivity contribution in [2.75, 3.05) is 5.73 Å². The zero-order chi connectivity index (χ0) is 14.1. The average Bonchev–Trinajstić information content (AvgIpc) is 2.22. The third-order valence-corrected chi connectivity index (χ3v) is 4.58. The van der Waals surface area contributed by atoms with Gasteiger partial charge in [0.05, 0.1) is 11.2 Å². The van der Waals surface area contributed by atoms with Crippen LogP contribution in [0.25, 0.3) is 0 Å². The van der Waals surface area contributed by atoms with Crippen LogP contribution >= 0.6 is 0 Å². The molecule has 0 spiro atoms. The van der Waals surface area contributed by atoms with E-state index in [0.717, 1.165) is 5.56 Å². The van der Waals surface area contributed by atoms with Crippen LogP contribution in [0.4, 0.5) is 5.69 Å². The molecule has 0 bridgehead atoms. The molecule has 0 radical (unpaired) electrons. The summed E-state index contributed by atoms with van der Waals surface area (Å²) in [5, 5.41) is 0. The Bertz CT molecular complexity index is 611. The van der Waals surface area contributed by atoms with E-state index in [1.807, 2.05) is 6.92 Å². The van der Waals surface area contributed by atoms with Gasteiger partial charge in [0, 0.05) is 0 Å². The van der Waals surface area contributed by atoms with Crippen molar-refractivity contribution in [3.63, 3.8) is 0 Å². The van der Waals surface area contributed by atoms with Crippen LogP contribution in [0.2, 0.25) is 0 Å². The van der Waals surface area contributed by atoms with Crippen molar-refractivity contribution in [3.05, 3.63) is 23.3 Å². The second-order valence-corrected chi connectivity index (χ2v) is 6.42. The summed E-state index contributed by atoms with van der Waals surface area (Å²) < 4.78 is 27.1. The zero-order valence-electron chi connectivity index (χ0n) is 11.0. The summed E-state index contributed by atoms with van der Waals surface area (Å²) in [6.07, 6.45) is 5.29. The molecule has 0 aliphatic rings. The first-order valence-corrected chi connectivity index (χ1v) is 6.96. The normalized spacial score (nSPS) is 12.2. The Balaban J connectivity index is 3.40. The third kappa shape index (κ3) is 2.84. The van der Waals surface area contributed by atoms with Gasteiger partial charge in [0.15, 0.2) is 0 Å². The minimum absolute atomic E-state index is 0.103. The average molecular weight is 266 g/mol. The van der Waals surface area contributed by atoms with E-state index in [-0.39, 0.29) is 10.6 Å². The molecule has 0 saturated heterocycles.